The highest BCUT2D eigenvalue weighted by molar-refractivity contribution is 6.31. The van der Waals surface area contributed by atoms with Gasteiger partial charge in [0.05, 0.1) is 12.5 Å². The summed E-state index contributed by atoms with van der Waals surface area (Å²) in [6.07, 6.45) is 1.95. The first-order chi connectivity index (χ1) is 14.7. The summed E-state index contributed by atoms with van der Waals surface area (Å²) in [6, 6.07) is 22.2. The SMILES string of the molecule is O=C(NCCOc1ccc2ccccc2c1)[C@@H]1CCCN(Cc2ccccc2Cl)C1. The number of amides is 1. The Kier molecular flexibility index (Phi) is 6.88. The number of benzene rings is 3. The number of piperidine rings is 1. The van der Waals surface area contributed by atoms with Crippen molar-refractivity contribution in [2.75, 3.05) is 26.2 Å². The van der Waals surface area contributed by atoms with E-state index >= 15 is 0 Å². The van der Waals surface area contributed by atoms with Crippen molar-refractivity contribution >= 4 is 28.3 Å². The normalized spacial score (nSPS) is 17.0. The van der Waals surface area contributed by atoms with Crippen molar-refractivity contribution in [2.24, 2.45) is 5.92 Å². The standard InChI is InChI=1S/C25H27ClN2O2/c26-24-10-4-3-8-21(24)17-28-14-5-9-22(18-28)25(29)27-13-15-30-23-12-11-19-6-1-2-7-20(19)16-23/h1-4,6-8,10-12,16,22H,5,9,13-15,17-18H2,(H,27,29)/t22-/m1/s1. The highest BCUT2D eigenvalue weighted by Gasteiger charge is 2.25. The van der Waals surface area contributed by atoms with Crippen molar-refractivity contribution in [1.82, 2.24) is 10.2 Å². The summed E-state index contributed by atoms with van der Waals surface area (Å²) in [4.78, 5) is 14.9. The molecule has 1 aliphatic heterocycles. The number of likely N-dealkylation sites (tertiary alicyclic amines) is 1. The number of fused-ring (bicyclic) bond motifs is 1. The molecule has 0 aliphatic carbocycles. The van der Waals surface area contributed by atoms with Crippen LogP contribution < -0.4 is 10.1 Å². The number of halogens is 1. The van der Waals surface area contributed by atoms with E-state index in [1.807, 2.05) is 42.5 Å². The topological polar surface area (TPSA) is 41.6 Å². The third-order valence-electron chi connectivity index (χ3n) is 5.62. The second-order valence-corrected chi connectivity index (χ2v) is 8.22. The van der Waals surface area contributed by atoms with Crippen molar-refractivity contribution < 1.29 is 9.53 Å². The summed E-state index contributed by atoms with van der Waals surface area (Å²) in [5, 5.41) is 6.17. The van der Waals surface area contributed by atoms with E-state index in [1.165, 1.54) is 5.39 Å². The fourth-order valence-corrected chi connectivity index (χ4v) is 4.22. The molecule has 30 heavy (non-hydrogen) atoms. The van der Waals surface area contributed by atoms with E-state index in [4.69, 9.17) is 16.3 Å². The Balaban J connectivity index is 1.23. The third-order valence-corrected chi connectivity index (χ3v) is 5.99. The maximum absolute atomic E-state index is 12.6. The molecule has 1 N–H and O–H groups in total. The van der Waals surface area contributed by atoms with Crippen molar-refractivity contribution in [3.63, 3.8) is 0 Å². The zero-order valence-corrected chi connectivity index (χ0v) is 17.8. The number of rotatable bonds is 7. The molecule has 156 valence electrons. The van der Waals surface area contributed by atoms with Crippen LogP contribution in [0.1, 0.15) is 18.4 Å². The Morgan fingerprint density at radius 1 is 1.07 bits per heavy atom. The number of hydrogen-bond acceptors (Lipinski definition) is 3. The van der Waals surface area contributed by atoms with Crippen LogP contribution in [-0.2, 0) is 11.3 Å². The maximum Gasteiger partial charge on any atom is 0.224 e. The van der Waals surface area contributed by atoms with Crippen LogP contribution in [0.2, 0.25) is 5.02 Å². The van der Waals surface area contributed by atoms with E-state index in [1.54, 1.807) is 0 Å². The molecule has 1 fully saturated rings. The van der Waals surface area contributed by atoms with Gasteiger partial charge in [0.25, 0.3) is 0 Å². The lowest BCUT2D eigenvalue weighted by Gasteiger charge is -2.32. The highest BCUT2D eigenvalue weighted by Crippen LogP contribution is 2.23. The largest absolute Gasteiger partial charge is 0.492 e. The molecule has 4 nitrogen and oxygen atoms in total. The lowest BCUT2D eigenvalue weighted by Crippen LogP contribution is -2.43. The van der Waals surface area contributed by atoms with Crippen molar-refractivity contribution in [1.29, 1.82) is 0 Å². The van der Waals surface area contributed by atoms with Gasteiger partial charge in [-0.3, -0.25) is 9.69 Å². The molecule has 1 saturated heterocycles. The van der Waals surface area contributed by atoms with Gasteiger partial charge in [-0.25, -0.2) is 0 Å². The molecular weight excluding hydrogens is 396 g/mol. The van der Waals surface area contributed by atoms with E-state index in [2.05, 4.69) is 34.5 Å². The molecule has 1 aliphatic rings. The molecule has 0 spiro atoms. The smallest absolute Gasteiger partial charge is 0.224 e. The summed E-state index contributed by atoms with van der Waals surface area (Å²) in [7, 11) is 0. The van der Waals surface area contributed by atoms with Crippen LogP contribution in [0.3, 0.4) is 0 Å². The first-order valence-corrected chi connectivity index (χ1v) is 10.9. The molecule has 3 aromatic rings. The van der Waals surface area contributed by atoms with Gasteiger partial charge in [0.15, 0.2) is 0 Å². The lowest BCUT2D eigenvalue weighted by atomic mass is 9.96. The molecule has 3 aromatic carbocycles. The minimum absolute atomic E-state index is 0.0157. The van der Waals surface area contributed by atoms with Crippen LogP contribution in [-0.4, -0.2) is 37.0 Å². The number of carbonyl (C=O) groups excluding carboxylic acids is 1. The second kappa shape index (κ2) is 9.96. The number of ether oxygens (including phenoxy) is 1. The van der Waals surface area contributed by atoms with Gasteiger partial charge in [-0.2, -0.15) is 0 Å². The summed E-state index contributed by atoms with van der Waals surface area (Å²) in [5.41, 5.74) is 1.11. The molecule has 4 rings (SSSR count). The second-order valence-electron chi connectivity index (χ2n) is 7.81. The molecule has 1 heterocycles. The first kappa shape index (κ1) is 20.7. The van der Waals surface area contributed by atoms with Crippen LogP contribution in [0.25, 0.3) is 10.8 Å². The van der Waals surface area contributed by atoms with Gasteiger partial charge in [-0.15, -0.1) is 0 Å². The Morgan fingerprint density at radius 2 is 1.87 bits per heavy atom. The van der Waals surface area contributed by atoms with Crippen LogP contribution in [0.4, 0.5) is 0 Å². The monoisotopic (exact) mass is 422 g/mol. The van der Waals surface area contributed by atoms with Gasteiger partial charge >= 0.3 is 0 Å². The van der Waals surface area contributed by atoms with Crippen LogP contribution in [0, 0.1) is 5.92 Å². The third kappa shape index (κ3) is 5.32. The Bertz CT molecular complexity index is 1010. The van der Waals surface area contributed by atoms with Crippen molar-refractivity contribution in [3.8, 4) is 5.75 Å². The van der Waals surface area contributed by atoms with E-state index in [9.17, 15) is 4.79 Å². The molecule has 5 heteroatoms. The number of hydrogen-bond donors (Lipinski definition) is 1. The fraction of sp³-hybridized carbons (Fsp3) is 0.320. The summed E-state index contributed by atoms with van der Waals surface area (Å²) in [5.74, 6) is 0.953. The average Bonchev–Trinajstić information content (AvgIpc) is 2.78. The molecule has 1 amide bonds. The summed E-state index contributed by atoms with van der Waals surface area (Å²) < 4.78 is 5.83. The van der Waals surface area contributed by atoms with E-state index < -0.39 is 0 Å². The van der Waals surface area contributed by atoms with Crippen LogP contribution >= 0.6 is 11.6 Å². The summed E-state index contributed by atoms with van der Waals surface area (Å²) >= 11 is 6.29. The van der Waals surface area contributed by atoms with Crippen molar-refractivity contribution in [3.05, 3.63) is 77.3 Å². The fourth-order valence-electron chi connectivity index (χ4n) is 4.03. The Labute approximate surface area is 182 Å². The predicted molar refractivity (Wildman–Crippen MR) is 122 cm³/mol. The number of nitrogens with zero attached hydrogens (tertiary/aromatic N) is 1. The Hall–Kier alpha value is -2.56. The molecule has 0 radical (unpaired) electrons. The molecule has 0 bridgehead atoms. The maximum atomic E-state index is 12.6. The van der Waals surface area contributed by atoms with Crippen LogP contribution in [0.5, 0.6) is 5.75 Å². The van der Waals surface area contributed by atoms with Gasteiger partial charge in [-0.05, 0) is 53.9 Å². The number of nitrogens with one attached hydrogen (secondary N) is 1. The van der Waals surface area contributed by atoms with Gasteiger partial charge in [-0.1, -0.05) is 60.1 Å². The van der Waals surface area contributed by atoms with E-state index in [0.717, 1.165) is 54.2 Å². The zero-order chi connectivity index (χ0) is 20.8. The first-order valence-electron chi connectivity index (χ1n) is 10.5. The quantitative estimate of drug-likeness (QED) is 0.550. The molecule has 1 atom stereocenters. The van der Waals surface area contributed by atoms with Gasteiger partial charge in [0.2, 0.25) is 5.91 Å². The lowest BCUT2D eigenvalue weighted by molar-refractivity contribution is -0.126. The van der Waals surface area contributed by atoms with E-state index in [0.29, 0.717) is 13.2 Å². The predicted octanol–water partition coefficient (Wildman–Crippen LogP) is 4.90. The van der Waals surface area contributed by atoms with Gasteiger partial charge in [0, 0.05) is 18.1 Å². The zero-order valence-electron chi connectivity index (χ0n) is 17.0. The van der Waals surface area contributed by atoms with Crippen LogP contribution in [0.15, 0.2) is 66.7 Å². The molecule has 0 unspecified atom stereocenters. The minimum Gasteiger partial charge on any atom is -0.492 e. The number of carbonyl (C=O) groups is 1. The Morgan fingerprint density at radius 3 is 2.73 bits per heavy atom. The van der Waals surface area contributed by atoms with Gasteiger partial charge < -0.3 is 10.1 Å². The molecule has 0 aromatic heterocycles. The minimum atomic E-state index is 0.0157. The van der Waals surface area contributed by atoms with Gasteiger partial charge in [0.1, 0.15) is 12.4 Å². The summed E-state index contributed by atoms with van der Waals surface area (Å²) in [6.45, 7) is 3.52. The average molecular weight is 423 g/mol. The molecule has 0 saturated carbocycles. The highest BCUT2D eigenvalue weighted by atomic mass is 35.5. The van der Waals surface area contributed by atoms with Crippen molar-refractivity contribution in [2.45, 2.75) is 19.4 Å². The molecular formula is C25H27ClN2O2. The van der Waals surface area contributed by atoms with E-state index in [-0.39, 0.29) is 11.8 Å².